The SMILES string of the molecule is CCOC(C)Cn1c(CCl)nc2c(OC)cccc21. The Kier molecular flexibility index (Phi) is 4.66. The van der Waals surface area contributed by atoms with Gasteiger partial charge in [0.2, 0.25) is 0 Å². The van der Waals surface area contributed by atoms with Crippen LogP contribution in [0.15, 0.2) is 18.2 Å². The van der Waals surface area contributed by atoms with Crippen LogP contribution in [0.2, 0.25) is 0 Å². The number of fused-ring (bicyclic) bond motifs is 1. The van der Waals surface area contributed by atoms with Crippen molar-refractivity contribution in [3.8, 4) is 5.75 Å². The molecule has 0 aliphatic heterocycles. The highest BCUT2D eigenvalue weighted by Gasteiger charge is 2.15. The summed E-state index contributed by atoms with van der Waals surface area (Å²) in [5, 5.41) is 0. The van der Waals surface area contributed by atoms with E-state index < -0.39 is 0 Å². The number of para-hydroxylation sites is 1. The Hall–Kier alpha value is -1.26. The largest absolute Gasteiger partial charge is 0.494 e. The molecule has 4 nitrogen and oxygen atoms in total. The summed E-state index contributed by atoms with van der Waals surface area (Å²) in [6, 6.07) is 5.89. The lowest BCUT2D eigenvalue weighted by molar-refractivity contribution is 0.0643. The number of halogens is 1. The Bertz CT molecular complexity index is 554. The summed E-state index contributed by atoms with van der Waals surface area (Å²) in [5.74, 6) is 1.98. The molecule has 0 bridgehead atoms. The number of hydrogen-bond acceptors (Lipinski definition) is 3. The Labute approximate surface area is 118 Å². The molecule has 2 aromatic rings. The predicted molar refractivity (Wildman–Crippen MR) is 76.9 cm³/mol. The number of imidazole rings is 1. The van der Waals surface area contributed by atoms with Gasteiger partial charge in [0.25, 0.3) is 0 Å². The van der Waals surface area contributed by atoms with Crippen LogP contribution in [0, 0.1) is 0 Å². The lowest BCUT2D eigenvalue weighted by atomic mass is 10.3. The molecule has 1 heterocycles. The van der Waals surface area contributed by atoms with Crippen LogP contribution in [-0.2, 0) is 17.2 Å². The second-order valence-electron chi connectivity index (χ2n) is 4.37. The molecule has 104 valence electrons. The van der Waals surface area contributed by atoms with Gasteiger partial charge in [0.1, 0.15) is 17.1 Å². The highest BCUT2D eigenvalue weighted by atomic mass is 35.5. The van der Waals surface area contributed by atoms with Gasteiger partial charge in [-0.15, -0.1) is 11.6 Å². The van der Waals surface area contributed by atoms with Gasteiger partial charge in [-0.2, -0.15) is 0 Å². The maximum atomic E-state index is 5.99. The fourth-order valence-electron chi connectivity index (χ4n) is 2.23. The highest BCUT2D eigenvalue weighted by Crippen LogP contribution is 2.26. The lowest BCUT2D eigenvalue weighted by Crippen LogP contribution is -2.17. The van der Waals surface area contributed by atoms with Gasteiger partial charge in [-0.3, -0.25) is 0 Å². The smallest absolute Gasteiger partial charge is 0.146 e. The van der Waals surface area contributed by atoms with E-state index in [-0.39, 0.29) is 6.10 Å². The Balaban J connectivity index is 2.46. The number of aromatic nitrogens is 2. The number of ether oxygens (including phenoxy) is 2. The van der Waals surface area contributed by atoms with Crippen LogP contribution in [0.1, 0.15) is 19.7 Å². The van der Waals surface area contributed by atoms with Crippen LogP contribution in [-0.4, -0.2) is 29.4 Å². The monoisotopic (exact) mass is 282 g/mol. The van der Waals surface area contributed by atoms with E-state index in [9.17, 15) is 0 Å². The molecule has 5 heteroatoms. The molecular weight excluding hydrogens is 264 g/mol. The topological polar surface area (TPSA) is 36.3 Å². The number of nitrogens with zero attached hydrogens (tertiary/aromatic N) is 2. The van der Waals surface area contributed by atoms with Crippen LogP contribution in [0.25, 0.3) is 11.0 Å². The highest BCUT2D eigenvalue weighted by molar-refractivity contribution is 6.16. The molecule has 0 aliphatic rings. The summed E-state index contributed by atoms with van der Waals surface area (Å²) < 4.78 is 13.0. The van der Waals surface area contributed by atoms with Gasteiger partial charge in [-0.1, -0.05) is 6.07 Å². The van der Waals surface area contributed by atoms with Gasteiger partial charge in [-0.25, -0.2) is 4.98 Å². The van der Waals surface area contributed by atoms with E-state index in [1.165, 1.54) is 0 Å². The Morgan fingerprint density at radius 2 is 2.21 bits per heavy atom. The summed E-state index contributed by atoms with van der Waals surface area (Å²) in [6.07, 6.45) is 0.121. The third kappa shape index (κ3) is 2.85. The molecule has 0 radical (unpaired) electrons. The molecule has 19 heavy (non-hydrogen) atoms. The fraction of sp³-hybridized carbons (Fsp3) is 0.500. The maximum absolute atomic E-state index is 5.99. The van der Waals surface area contributed by atoms with Crippen molar-refractivity contribution in [3.05, 3.63) is 24.0 Å². The number of alkyl halides is 1. The number of benzene rings is 1. The number of methoxy groups -OCH3 is 1. The van der Waals surface area contributed by atoms with Gasteiger partial charge in [0.15, 0.2) is 0 Å². The van der Waals surface area contributed by atoms with Crippen molar-refractivity contribution in [2.75, 3.05) is 13.7 Å². The first kappa shape index (κ1) is 14.2. The van der Waals surface area contributed by atoms with Crippen molar-refractivity contribution >= 4 is 22.6 Å². The lowest BCUT2D eigenvalue weighted by Gasteiger charge is -2.14. The van der Waals surface area contributed by atoms with Crippen molar-refractivity contribution in [1.29, 1.82) is 0 Å². The van der Waals surface area contributed by atoms with Gasteiger partial charge in [0, 0.05) is 6.61 Å². The molecule has 0 spiro atoms. The van der Waals surface area contributed by atoms with Gasteiger partial charge >= 0.3 is 0 Å². The van der Waals surface area contributed by atoms with Crippen LogP contribution < -0.4 is 4.74 Å². The first-order valence-corrected chi connectivity index (χ1v) is 6.94. The van der Waals surface area contributed by atoms with E-state index in [0.29, 0.717) is 12.5 Å². The second kappa shape index (κ2) is 6.26. The molecule has 1 aromatic carbocycles. The van der Waals surface area contributed by atoms with E-state index in [1.807, 2.05) is 32.0 Å². The molecule has 0 fully saturated rings. The summed E-state index contributed by atoms with van der Waals surface area (Å²) >= 11 is 5.99. The first-order valence-electron chi connectivity index (χ1n) is 6.40. The van der Waals surface area contributed by atoms with E-state index >= 15 is 0 Å². The van der Waals surface area contributed by atoms with Crippen molar-refractivity contribution in [2.45, 2.75) is 32.4 Å². The van der Waals surface area contributed by atoms with Crippen molar-refractivity contribution in [1.82, 2.24) is 9.55 Å². The fourth-order valence-corrected chi connectivity index (χ4v) is 2.44. The molecule has 0 N–H and O–H groups in total. The van der Waals surface area contributed by atoms with Crippen molar-refractivity contribution < 1.29 is 9.47 Å². The zero-order valence-electron chi connectivity index (χ0n) is 11.5. The molecular formula is C14H19ClN2O2. The van der Waals surface area contributed by atoms with Crippen molar-refractivity contribution in [3.63, 3.8) is 0 Å². The van der Waals surface area contributed by atoms with Crippen LogP contribution in [0.3, 0.4) is 0 Å². The quantitative estimate of drug-likeness (QED) is 0.764. The molecule has 0 amide bonds. The van der Waals surface area contributed by atoms with Gasteiger partial charge in [-0.05, 0) is 26.0 Å². The summed E-state index contributed by atoms with van der Waals surface area (Å²) in [7, 11) is 1.65. The third-order valence-corrected chi connectivity index (χ3v) is 3.29. The maximum Gasteiger partial charge on any atom is 0.146 e. The Morgan fingerprint density at radius 1 is 1.42 bits per heavy atom. The van der Waals surface area contributed by atoms with Crippen LogP contribution in [0.5, 0.6) is 5.75 Å². The molecule has 0 aliphatic carbocycles. The predicted octanol–water partition coefficient (Wildman–Crippen LogP) is 3.21. The minimum absolute atomic E-state index is 0.121. The zero-order chi connectivity index (χ0) is 13.8. The minimum atomic E-state index is 0.121. The summed E-state index contributed by atoms with van der Waals surface area (Å²) in [4.78, 5) is 4.57. The van der Waals surface area contributed by atoms with Crippen molar-refractivity contribution in [2.24, 2.45) is 0 Å². The standard InChI is InChI=1S/C14H19ClN2O2/c1-4-19-10(2)9-17-11-6-5-7-12(18-3)14(11)16-13(17)8-15/h5-7,10H,4,8-9H2,1-3H3. The van der Waals surface area contributed by atoms with E-state index in [1.54, 1.807) is 7.11 Å². The van der Waals surface area contributed by atoms with Gasteiger partial charge in [0.05, 0.1) is 31.2 Å². The van der Waals surface area contributed by atoms with E-state index in [2.05, 4.69) is 9.55 Å². The molecule has 1 unspecified atom stereocenters. The first-order chi connectivity index (χ1) is 9.21. The molecule has 2 rings (SSSR count). The molecule has 0 saturated carbocycles. The van der Waals surface area contributed by atoms with Crippen LogP contribution >= 0.6 is 11.6 Å². The molecule has 0 saturated heterocycles. The normalized spacial score (nSPS) is 12.8. The zero-order valence-corrected chi connectivity index (χ0v) is 12.3. The van der Waals surface area contributed by atoms with E-state index in [0.717, 1.165) is 29.2 Å². The van der Waals surface area contributed by atoms with Gasteiger partial charge < -0.3 is 14.0 Å². The third-order valence-electron chi connectivity index (χ3n) is 3.05. The second-order valence-corrected chi connectivity index (χ2v) is 4.63. The molecule has 1 atom stereocenters. The molecule has 1 aromatic heterocycles. The summed E-state index contributed by atoms with van der Waals surface area (Å²) in [5.41, 5.74) is 1.88. The average Bonchev–Trinajstić information content (AvgIpc) is 2.77. The van der Waals surface area contributed by atoms with E-state index in [4.69, 9.17) is 21.1 Å². The summed E-state index contributed by atoms with van der Waals surface area (Å²) in [6.45, 7) is 5.48. The number of hydrogen-bond donors (Lipinski definition) is 0. The Morgan fingerprint density at radius 3 is 2.84 bits per heavy atom. The number of rotatable bonds is 6. The van der Waals surface area contributed by atoms with Crippen LogP contribution in [0.4, 0.5) is 0 Å². The average molecular weight is 283 g/mol. The minimum Gasteiger partial charge on any atom is -0.494 e.